The molecule has 0 bridgehead atoms. The molecule has 0 spiro atoms. The SMILES string of the molecule is CCOC(=O)CCCCCCOc1ccc(-c2ccc(OC(F)(F)F)cc2)cc1[N+](=O)[O-]. The van der Waals surface area contributed by atoms with Gasteiger partial charge in [-0.15, -0.1) is 13.2 Å². The molecule has 0 atom stereocenters. The van der Waals surface area contributed by atoms with Crippen molar-refractivity contribution in [1.29, 1.82) is 0 Å². The van der Waals surface area contributed by atoms with E-state index >= 15 is 0 Å². The average molecular weight is 455 g/mol. The van der Waals surface area contributed by atoms with Gasteiger partial charge in [0.1, 0.15) is 5.75 Å². The van der Waals surface area contributed by atoms with E-state index in [1.807, 2.05) is 0 Å². The number of carbonyl (C=O) groups is 1. The van der Waals surface area contributed by atoms with Crippen molar-refractivity contribution in [3.8, 4) is 22.6 Å². The second kappa shape index (κ2) is 11.9. The summed E-state index contributed by atoms with van der Waals surface area (Å²) >= 11 is 0. The quantitative estimate of drug-likeness (QED) is 0.167. The van der Waals surface area contributed by atoms with Crippen molar-refractivity contribution in [3.05, 3.63) is 52.6 Å². The highest BCUT2D eigenvalue weighted by molar-refractivity contribution is 5.69. The molecule has 174 valence electrons. The third kappa shape index (κ3) is 8.44. The summed E-state index contributed by atoms with van der Waals surface area (Å²) in [6.45, 7) is 2.40. The van der Waals surface area contributed by atoms with Gasteiger partial charge in [0.25, 0.3) is 0 Å². The van der Waals surface area contributed by atoms with E-state index in [4.69, 9.17) is 9.47 Å². The molecule has 0 aliphatic heterocycles. The molecule has 0 aromatic heterocycles. The number of halogens is 3. The predicted octanol–water partition coefficient (Wildman–Crippen LogP) is 6.05. The van der Waals surface area contributed by atoms with Crippen molar-refractivity contribution in [3.63, 3.8) is 0 Å². The van der Waals surface area contributed by atoms with E-state index in [-0.39, 0.29) is 29.8 Å². The van der Waals surface area contributed by atoms with Crippen LogP contribution >= 0.6 is 0 Å². The molecular formula is C22H24F3NO6. The molecule has 0 N–H and O–H groups in total. The van der Waals surface area contributed by atoms with Crippen LogP contribution in [0.25, 0.3) is 11.1 Å². The summed E-state index contributed by atoms with van der Waals surface area (Å²) in [5.41, 5.74) is 0.720. The van der Waals surface area contributed by atoms with Crippen LogP contribution in [-0.4, -0.2) is 30.5 Å². The summed E-state index contributed by atoms with van der Waals surface area (Å²) in [6.07, 6.45) is -1.43. The summed E-state index contributed by atoms with van der Waals surface area (Å²) in [4.78, 5) is 22.1. The Morgan fingerprint density at radius 1 is 1.00 bits per heavy atom. The minimum Gasteiger partial charge on any atom is -0.487 e. The summed E-state index contributed by atoms with van der Waals surface area (Å²) in [5, 5.41) is 11.4. The lowest BCUT2D eigenvalue weighted by Crippen LogP contribution is -2.16. The number of benzene rings is 2. The molecule has 32 heavy (non-hydrogen) atoms. The number of nitrogens with zero attached hydrogens (tertiary/aromatic N) is 1. The Kier molecular flexibility index (Phi) is 9.30. The van der Waals surface area contributed by atoms with Crippen LogP contribution in [0.4, 0.5) is 18.9 Å². The summed E-state index contributed by atoms with van der Waals surface area (Å²) in [7, 11) is 0. The molecule has 0 aliphatic carbocycles. The first-order chi connectivity index (χ1) is 15.2. The van der Waals surface area contributed by atoms with Gasteiger partial charge in [0.05, 0.1) is 18.1 Å². The highest BCUT2D eigenvalue weighted by Gasteiger charge is 2.31. The number of carbonyl (C=O) groups excluding carboxylic acids is 1. The molecule has 0 saturated carbocycles. The van der Waals surface area contributed by atoms with Gasteiger partial charge in [-0.05, 0) is 49.1 Å². The average Bonchev–Trinajstić information content (AvgIpc) is 2.72. The lowest BCUT2D eigenvalue weighted by Gasteiger charge is -2.10. The van der Waals surface area contributed by atoms with Crippen LogP contribution in [0.15, 0.2) is 42.5 Å². The van der Waals surface area contributed by atoms with E-state index in [2.05, 4.69) is 4.74 Å². The third-order valence-electron chi connectivity index (χ3n) is 4.41. The Bertz CT molecular complexity index is 900. The molecule has 0 heterocycles. The molecule has 0 amide bonds. The maximum atomic E-state index is 12.3. The van der Waals surface area contributed by atoms with Crippen molar-refractivity contribution >= 4 is 11.7 Å². The van der Waals surface area contributed by atoms with Gasteiger partial charge in [-0.3, -0.25) is 14.9 Å². The van der Waals surface area contributed by atoms with Crippen molar-refractivity contribution in [2.45, 2.75) is 45.4 Å². The van der Waals surface area contributed by atoms with Gasteiger partial charge in [-0.2, -0.15) is 0 Å². The van der Waals surface area contributed by atoms with Gasteiger partial charge in [0, 0.05) is 12.5 Å². The second-order valence-corrected chi connectivity index (χ2v) is 6.83. The summed E-state index contributed by atoms with van der Waals surface area (Å²) < 4.78 is 51.0. The van der Waals surface area contributed by atoms with Crippen molar-refractivity contribution in [2.75, 3.05) is 13.2 Å². The van der Waals surface area contributed by atoms with Gasteiger partial charge in [-0.1, -0.05) is 31.0 Å². The number of alkyl halides is 3. The number of hydrogen-bond acceptors (Lipinski definition) is 6. The van der Waals surface area contributed by atoms with Crippen molar-refractivity contribution in [2.24, 2.45) is 0 Å². The smallest absolute Gasteiger partial charge is 0.487 e. The maximum Gasteiger partial charge on any atom is 0.573 e. The van der Waals surface area contributed by atoms with Gasteiger partial charge in [-0.25, -0.2) is 0 Å². The summed E-state index contributed by atoms with van der Waals surface area (Å²) in [5.74, 6) is -0.484. The monoisotopic (exact) mass is 455 g/mol. The van der Waals surface area contributed by atoms with Gasteiger partial charge in [0.15, 0.2) is 5.75 Å². The van der Waals surface area contributed by atoms with Crippen LogP contribution in [0, 0.1) is 10.1 Å². The minimum atomic E-state index is -4.79. The van der Waals surface area contributed by atoms with Gasteiger partial charge in [0.2, 0.25) is 0 Å². The number of unbranched alkanes of at least 4 members (excludes halogenated alkanes) is 3. The lowest BCUT2D eigenvalue weighted by molar-refractivity contribution is -0.385. The first-order valence-electron chi connectivity index (χ1n) is 10.1. The molecule has 0 unspecified atom stereocenters. The fourth-order valence-electron chi connectivity index (χ4n) is 2.95. The normalized spacial score (nSPS) is 11.1. The molecule has 0 saturated heterocycles. The number of esters is 1. The zero-order valence-electron chi connectivity index (χ0n) is 17.5. The maximum absolute atomic E-state index is 12.3. The zero-order chi connectivity index (χ0) is 23.6. The van der Waals surface area contributed by atoms with E-state index in [0.29, 0.717) is 37.0 Å². The summed E-state index contributed by atoms with van der Waals surface area (Å²) in [6, 6.07) is 9.43. The van der Waals surface area contributed by atoms with E-state index < -0.39 is 11.3 Å². The van der Waals surface area contributed by atoms with E-state index in [1.165, 1.54) is 24.3 Å². The first-order valence-corrected chi connectivity index (χ1v) is 10.1. The largest absolute Gasteiger partial charge is 0.573 e. The van der Waals surface area contributed by atoms with Crippen LogP contribution in [0.2, 0.25) is 0 Å². The van der Waals surface area contributed by atoms with Crippen LogP contribution in [0.3, 0.4) is 0 Å². The Morgan fingerprint density at radius 3 is 2.28 bits per heavy atom. The topological polar surface area (TPSA) is 87.9 Å². The third-order valence-corrected chi connectivity index (χ3v) is 4.41. The molecule has 2 aromatic carbocycles. The standard InChI is InChI=1S/C22H24F3NO6/c1-2-30-21(27)7-5-3-4-6-14-31-20-13-10-17(15-19(20)26(28)29)16-8-11-18(12-9-16)32-22(23,24)25/h8-13,15H,2-7,14H2,1H3. The first kappa shape index (κ1) is 25.0. The van der Waals surface area contributed by atoms with Crippen molar-refractivity contribution < 1.29 is 37.1 Å². The fourth-order valence-corrected chi connectivity index (χ4v) is 2.95. The Labute approximate surface area is 183 Å². The molecule has 0 aliphatic rings. The molecule has 0 fully saturated rings. The minimum absolute atomic E-state index is 0.113. The van der Waals surface area contributed by atoms with E-state index in [9.17, 15) is 28.1 Å². The highest BCUT2D eigenvalue weighted by Crippen LogP contribution is 2.33. The molecule has 10 heteroatoms. The van der Waals surface area contributed by atoms with Crippen LogP contribution in [-0.2, 0) is 9.53 Å². The van der Waals surface area contributed by atoms with Crippen molar-refractivity contribution in [1.82, 2.24) is 0 Å². The molecule has 2 rings (SSSR count). The Balaban J connectivity index is 1.91. The number of rotatable bonds is 12. The van der Waals surface area contributed by atoms with Crippen LogP contribution in [0.1, 0.15) is 39.0 Å². The molecular weight excluding hydrogens is 431 g/mol. The predicted molar refractivity (Wildman–Crippen MR) is 110 cm³/mol. The van der Waals surface area contributed by atoms with Crippen LogP contribution < -0.4 is 9.47 Å². The number of hydrogen-bond donors (Lipinski definition) is 0. The second-order valence-electron chi connectivity index (χ2n) is 6.83. The number of nitro groups is 1. The Hall–Kier alpha value is -3.30. The molecule has 2 aromatic rings. The van der Waals surface area contributed by atoms with Crippen LogP contribution in [0.5, 0.6) is 11.5 Å². The number of ether oxygens (including phenoxy) is 3. The Morgan fingerprint density at radius 2 is 1.66 bits per heavy atom. The zero-order valence-corrected chi connectivity index (χ0v) is 17.5. The molecule has 0 radical (unpaired) electrons. The number of nitro benzene ring substituents is 1. The lowest BCUT2D eigenvalue weighted by atomic mass is 10.0. The van der Waals surface area contributed by atoms with E-state index in [1.54, 1.807) is 13.0 Å². The molecule has 7 nitrogen and oxygen atoms in total. The van der Waals surface area contributed by atoms with E-state index in [0.717, 1.165) is 25.0 Å². The highest BCUT2D eigenvalue weighted by atomic mass is 19.4. The fraction of sp³-hybridized carbons (Fsp3) is 0.409. The van der Waals surface area contributed by atoms with Gasteiger partial charge < -0.3 is 14.2 Å². The van der Waals surface area contributed by atoms with Gasteiger partial charge >= 0.3 is 18.0 Å².